The van der Waals surface area contributed by atoms with Crippen molar-refractivity contribution >= 4 is 11.7 Å². The number of pyridine rings is 1. The van der Waals surface area contributed by atoms with Crippen LogP contribution in [0.3, 0.4) is 0 Å². The van der Waals surface area contributed by atoms with Gasteiger partial charge in [-0.3, -0.25) is 0 Å². The molecule has 1 fully saturated rings. The first-order chi connectivity index (χ1) is 9.41. The predicted octanol–water partition coefficient (Wildman–Crippen LogP) is 2.44. The zero-order chi connectivity index (χ0) is 14.8. The zero-order valence-electron chi connectivity index (χ0n) is 12.5. The van der Waals surface area contributed by atoms with Crippen molar-refractivity contribution < 1.29 is 5.21 Å². The average molecular weight is 276 g/mol. The maximum absolute atomic E-state index is 8.64. The summed E-state index contributed by atoms with van der Waals surface area (Å²) in [6.07, 6.45) is 4.06. The van der Waals surface area contributed by atoms with Crippen LogP contribution >= 0.6 is 0 Å². The van der Waals surface area contributed by atoms with Gasteiger partial charge in [-0.25, -0.2) is 4.98 Å². The summed E-state index contributed by atoms with van der Waals surface area (Å²) < 4.78 is 0. The number of oxime groups is 1. The van der Waals surface area contributed by atoms with Crippen LogP contribution in [-0.2, 0) is 0 Å². The molecule has 1 aliphatic heterocycles. The van der Waals surface area contributed by atoms with Gasteiger partial charge in [0.2, 0.25) is 0 Å². The number of aromatic nitrogens is 1. The Hall–Kier alpha value is -1.78. The molecule has 3 N–H and O–H groups in total. The molecule has 0 aliphatic carbocycles. The molecular formula is C15H24N4O. The predicted molar refractivity (Wildman–Crippen MR) is 81.1 cm³/mol. The Kier molecular flexibility index (Phi) is 4.16. The molecule has 1 aliphatic rings. The highest BCUT2D eigenvalue weighted by Crippen LogP contribution is 2.35. The third-order valence-electron chi connectivity index (χ3n) is 4.20. The summed E-state index contributed by atoms with van der Waals surface area (Å²) in [5.74, 6) is 1.83. The smallest absolute Gasteiger partial charge is 0.171 e. The van der Waals surface area contributed by atoms with Crippen molar-refractivity contribution in [1.82, 2.24) is 4.98 Å². The van der Waals surface area contributed by atoms with Gasteiger partial charge in [0.15, 0.2) is 5.84 Å². The molecule has 110 valence electrons. The van der Waals surface area contributed by atoms with E-state index in [-0.39, 0.29) is 5.84 Å². The maximum Gasteiger partial charge on any atom is 0.171 e. The average Bonchev–Trinajstić information content (AvgIpc) is 2.46. The Morgan fingerprint density at radius 1 is 1.35 bits per heavy atom. The number of hydrogen-bond acceptors (Lipinski definition) is 4. The molecule has 0 bridgehead atoms. The van der Waals surface area contributed by atoms with E-state index in [9.17, 15) is 0 Å². The van der Waals surface area contributed by atoms with Crippen molar-refractivity contribution in [2.24, 2.45) is 22.2 Å². The van der Waals surface area contributed by atoms with Crippen LogP contribution in [0.5, 0.6) is 0 Å². The lowest BCUT2D eigenvalue weighted by atomic mass is 9.75. The highest BCUT2D eigenvalue weighted by Gasteiger charge is 2.29. The van der Waals surface area contributed by atoms with Crippen LogP contribution < -0.4 is 10.6 Å². The molecule has 0 unspecified atom stereocenters. The largest absolute Gasteiger partial charge is 0.409 e. The molecule has 0 spiro atoms. The minimum atomic E-state index is 0.0930. The van der Waals surface area contributed by atoms with E-state index in [1.54, 1.807) is 6.20 Å². The first-order valence-electron chi connectivity index (χ1n) is 7.10. The van der Waals surface area contributed by atoms with E-state index in [1.165, 1.54) is 12.8 Å². The summed E-state index contributed by atoms with van der Waals surface area (Å²) >= 11 is 0. The standard InChI is InChI=1S/C15H24N4O/c1-15(2,3)12-6-8-19(9-7-12)13-5-4-11(10-17-13)14(16)18-20/h4-5,10,12,20H,6-9H2,1-3H3,(H2,16,18). The molecule has 1 aromatic heterocycles. The molecule has 5 heteroatoms. The summed E-state index contributed by atoms with van der Waals surface area (Å²) in [6, 6.07) is 3.78. The molecule has 0 saturated carbocycles. The Morgan fingerprint density at radius 3 is 2.45 bits per heavy atom. The topological polar surface area (TPSA) is 74.7 Å². The van der Waals surface area contributed by atoms with Gasteiger partial charge < -0.3 is 15.8 Å². The lowest BCUT2D eigenvalue weighted by Crippen LogP contribution is -2.38. The van der Waals surface area contributed by atoms with E-state index in [1.807, 2.05) is 12.1 Å². The SMILES string of the molecule is CC(C)(C)C1CCN(c2ccc(C(N)=NO)cn2)CC1. The van der Waals surface area contributed by atoms with Gasteiger partial charge in [-0.15, -0.1) is 0 Å². The molecule has 0 radical (unpaired) electrons. The molecule has 0 aromatic carbocycles. The molecule has 0 atom stereocenters. The second-order valence-corrected chi connectivity index (χ2v) is 6.52. The number of rotatable bonds is 2. The van der Waals surface area contributed by atoms with E-state index in [2.05, 4.69) is 35.8 Å². The van der Waals surface area contributed by atoms with Gasteiger partial charge in [-0.2, -0.15) is 0 Å². The van der Waals surface area contributed by atoms with E-state index < -0.39 is 0 Å². The second-order valence-electron chi connectivity index (χ2n) is 6.52. The fraction of sp³-hybridized carbons (Fsp3) is 0.600. The van der Waals surface area contributed by atoms with E-state index in [0.717, 1.165) is 24.8 Å². The van der Waals surface area contributed by atoms with Crippen LogP contribution in [0, 0.1) is 11.3 Å². The van der Waals surface area contributed by atoms with Crippen LogP contribution in [0.1, 0.15) is 39.2 Å². The highest BCUT2D eigenvalue weighted by molar-refractivity contribution is 5.96. The summed E-state index contributed by atoms with van der Waals surface area (Å²) in [4.78, 5) is 6.72. The summed E-state index contributed by atoms with van der Waals surface area (Å²) in [5.41, 5.74) is 6.56. The van der Waals surface area contributed by atoms with E-state index in [0.29, 0.717) is 11.0 Å². The fourth-order valence-electron chi connectivity index (χ4n) is 2.76. The lowest BCUT2D eigenvalue weighted by molar-refractivity contribution is 0.198. The van der Waals surface area contributed by atoms with Gasteiger partial charge in [0.05, 0.1) is 0 Å². The van der Waals surface area contributed by atoms with Crippen molar-refractivity contribution in [2.75, 3.05) is 18.0 Å². The van der Waals surface area contributed by atoms with Gasteiger partial charge in [0, 0.05) is 24.8 Å². The maximum atomic E-state index is 8.64. The van der Waals surface area contributed by atoms with Crippen molar-refractivity contribution in [3.8, 4) is 0 Å². The normalized spacial score (nSPS) is 18.4. The van der Waals surface area contributed by atoms with Gasteiger partial charge in [-0.05, 0) is 36.3 Å². The third-order valence-corrected chi connectivity index (χ3v) is 4.20. The van der Waals surface area contributed by atoms with Gasteiger partial charge in [0.1, 0.15) is 5.82 Å². The number of piperidine rings is 1. The van der Waals surface area contributed by atoms with Crippen molar-refractivity contribution in [3.05, 3.63) is 23.9 Å². The number of anilines is 1. The Balaban J connectivity index is 2.01. The molecular weight excluding hydrogens is 252 g/mol. The first-order valence-corrected chi connectivity index (χ1v) is 7.10. The van der Waals surface area contributed by atoms with Crippen LogP contribution in [0.15, 0.2) is 23.5 Å². The van der Waals surface area contributed by atoms with Crippen LogP contribution in [0.2, 0.25) is 0 Å². The van der Waals surface area contributed by atoms with E-state index >= 15 is 0 Å². The van der Waals surface area contributed by atoms with Crippen LogP contribution in [-0.4, -0.2) is 29.1 Å². The van der Waals surface area contributed by atoms with Crippen molar-refractivity contribution in [3.63, 3.8) is 0 Å². The molecule has 1 saturated heterocycles. The molecule has 5 nitrogen and oxygen atoms in total. The highest BCUT2D eigenvalue weighted by atomic mass is 16.4. The fourth-order valence-corrected chi connectivity index (χ4v) is 2.76. The second kappa shape index (κ2) is 5.69. The van der Waals surface area contributed by atoms with Crippen molar-refractivity contribution in [2.45, 2.75) is 33.6 Å². The number of nitrogens with zero attached hydrogens (tertiary/aromatic N) is 3. The quantitative estimate of drug-likeness (QED) is 0.376. The zero-order valence-corrected chi connectivity index (χ0v) is 12.5. The lowest BCUT2D eigenvalue weighted by Gasteiger charge is -2.39. The first kappa shape index (κ1) is 14.6. The Bertz CT molecular complexity index is 468. The van der Waals surface area contributed by atoms with E-state index in [4.69, 9.17) is 10.9 Å². The summed E-state index contributed by atoms with van der Waals surface area (Å²) in [5, 5.41) is 11.6. The Morgan fingerprint density at radius 2 is 2.00 bits per heavy atom. The van der Waals surface area contributed by atoms with Gasteiger partial charge >= 0.3 is 0 Å². The molecule has 2 heterocycles. The Labute approximate surface area is 120 Å². The van der Waals surface area contributed by atoms with Crippen LogP contribution in [0.4, 0.5) is 5.82 Å². The summed E-state index contributed by atoms with van der Waals surface area (Å²) in [7, 11) is 0. The third kappa shape index (κ3) is 3.21. The van der Waals surface area contributed by atoms with Gasteiger partial charge in [0.25, 0.3) is 0 Å². The van der Waals surface area contributed by atoms with Crippen molar-refractivity contribution in [1.29, 1.82) is 0 Å². The minimum Gasteiger partial charge on any atom is -0.409 e. The molecule has 1 aromatic rings. The molecule has 2 rings (SSSR count). The van der Waals surface area contributed by atoms with Gasteiger partial charge in [-0.1, -0.05) is 25.9 Å². The number of hydrogen-bond donors (Lipinski definition) is 2. The van der Waals surface area contributed by atoms with Crippen LogP contribution in [0.25, 0.3) is 0 Å². The number of nitrogens with two attached hydrogens (primary N) is 1. The monoisotopic (exact) mass is 276 g/mol. The molecule has 20 heavy (non-hydrogen) atoms. The summed E-state index contributed by atoms with van der Waals surface area (Å²) in [6.45, 7) is 9.03. The number of amidine groups is 1. The molecule has 0 amide bonds. The minimum absolute atomic E-state index is 0.0930.